The Morgan fingerprint density at radius 2 is 2.03 bits per heavy atom. The van der Waals surface area contributed by atoms with Gasteiger partial charge in [0.1, 0.15) is 11.6 Å². The Hall–Kier alpha value is -2.74. The lowest BCUT2D eigenvalue weighted by molar-refractivity contribution is -0.138. The Balaban J connectivity index is 1.32. The zero-order valence-electron chi connectivity index (χ0n) is 19.5. The number of nitrogens with zero attached hydrogens (tertiary/aromatic N) is 5. The average Bonchev–Trinajstić information content (AvgIpc) is 3.51. The molecule has 1 aliphatic heterocycles. The van der Waals surface area contributed by atoms with Crippen LogP contribution < -0.4 is 0 Å². The molecular formula is C26H30FN5OS. The highest BCUT2D eigenvalue weighted by atomic mass is 32.2. The zero-order chi connectivity index (χ0) is 23.5. The minimum absolute atomic E-state index is 0.147. The number of halogens is 1. The first-order valence-electron chi connectivity index (χ1n) is 12.0. The van der Waals surface area contributed by atoms with Gasteiger partial charge in [-0.15, -0.1) is 10.2 Å². The Labute approximate surface area is 204 Å². The second-order valence-corrected chi connectivity index (χ2v) is 10.4. The number of pyridine rings is 1. The van der Waals surface area contributed by atoms with E-state index in [2.05, 4.69) is 25.8 Å². The number of amides is 1. The summed E-state index contributed by atoms with van der Waals surface area (Å²) < 4.78 is 16.1. The van der Waals surface area contributed by atoms with Crippen LogP contribution in [0.15, 0.2) is 53.9 Å². The molecule has 1 atom stereocenters. The third-order valence-electron chi connectivity index (χ3n) is 7.28. The van der Waals surface area contributed by atoms with E-state index in [0.29, 0.717) is 6.54 Å². The van der Waals surface area contributed by atoms with Crippen molar-refractivity contribution in [2.24, 2.45) is 7.05 Å². The summed E-state index contributed by atoms with van der Waals surface area (Å²) in [6, 6.07) is 10.6. The van der Waals surface area contributed by atoms with E-state index in [1.807, 2.05) is 30.3 Å². The van der Waals surface area contributed by atoms with Gasteiger partial charge in [-0.2, -0.15) is 0 Å². The maximum Gasteiger partial charge on any atom is 0.233 e. The van der Waals surface area contributed by atoms with Crippen LogP contribution >= 0.6 is 11.8 Å². The Bertz CT molecular complexity index is 1150. The summed E-state index contributed by atoms with van der Waals surface area (Å²) in [4.78, 5) is 20.1. The molecule has 0 N–H and O–H groups in total. The van der Waals surface area contributed by atoms with Gasteiger partial charge in [-0.05, 0) is 55.0 Å². The number of carbonyl (C=O) groups is 1. The Morgan fingerprint density at radius 3 is 2.79 bits per heavy atom. The van der Waals surface area contributed by atoms with E-state index >= 15 is 0 Å². The van der Waals surface area contributed by atoms with Crippen LogP contribution in [-0.4, -0.2) is 43.6 Å². The predicted octanol–water partition coefficient (Wildman–Crippen LogP) is 4.86. The third-order valence-corrected chi connectivity index (χ3v) is 8.37. The van der Waals surface area contributed by atoms with E-state index in [4.69, 9.17) is 0 Å². The quantitative estimate of drug-likeness (QED) is 0.473. The second kappa shape index (κ2) is 9.86. The molecule has 0 radical (unpaired) electrons. The summed E-state index contributed by atoms with van der Waals surface area (Å²) >= 11 is 1.64. The maximum atomic E-state index is 14.0. The van der Waals surface area contributed by atoms with E-state index < -0.39 is 5.41 Å². The van der Waals surface area contributed by atoms with Gasteiger partial charge in [-0.3, -0.25) is 9.78 Å². The van der Waals surface area contributed by atoms with Crippen LogP contribution in [0.3, 0.4) is 0 Å². The van der Waals surface area contributed by atoms with Crippen molar-refractivity contribution in [3.05, 3.63) is 71.6 Å². The molecule has 0 spiro atoms. The molecule has 3 aromatic rings. The fourth-order valence-electron chi connectivity index (χ4n) is 5.50. The molecule has 178 valence electrons. The highest BCUT2D eigenvalue weighted by Gasteiger charge is 2.46. The fraction of sp³-hybridized carbons (Fsp3) is 0.462. The van der Waals surface area contributed by atoms with Crippen LogP contribution in [0.4, 0.5) is 4.39 Å². The molecule has 2 aromatic heterocycles. The monoisotopic (exact) mass is 479 g/mol. The van der Waals surface area contributed by atoms with E-state index in [1.165, 1.54) is 6.07 Å². The van der Waals surface area contributed by atoms with Crippen molar-refractivity contribution in [2.75, 3.05) is 13.1 Å². The standard InChI is InChI=1S/C26H30FN5OS/c1-31-23(29-30-25(31)34-18-19-7-5-13-28-16-19)20-8-6-14-32(17-20)24(33)26(11-2-3-12-26)21-9-4-10-22(27)15-21/h4-5,7,9-10,13,15-16,20H,2-3,6,8,11-12,14,17-18H2,1H3/t20-/m0/s1. The smallest absolute Gasteiger partial charge is 0.233 e. The third kappa shape index (κ3) is 4.48. The van der Waals surface area contributed by atoms with E-state index in [9.17, 15) is 9.18 Å². The number of carbonyl (C=O) groups excluding carboxylic acids is 1. The SMILES string of the molecule is Cn1c(SCc2cccnc2)nnc1[C@H]1CCCN(C(=O)C2(c3cccc(F)c3)CCCC2)C1. The number of rotatable bonds is 6. The Morgan fingerprint density at radius 1 is 1.18 bits per heavy atom. The summed E-state index contributed by atoms with van der Waals surface area (Å²) in [6.07, 6.45) is 9.13. The van der Waals surface area contributed by atoms with Crippen LogP contribution in [0.1, 0.15) is 61.4 Å². The molecule has 1 saturated carbocycles. The van der Waals surface area contributed by atoms with Crippen molar-refractivity contribution in [1.82, 2.24) is 24.6 Å². The molecule has 2 aliphatic rings. The molecule has 1 aliphatic carbocycles. The lowest BCUT2D eigenvalue weighted by Gasteiger charge is -2.39. The van der Waals surface area contributed by atoms with E-state index in [1.54, 1.807) is 30.1 Å². The van der Waals surface area contributed by atoms with Crippen molar-refractivity contribution >= 4 is 17.7 Å². The minimum Gasteiger partial charge on any atom is -0.341 e. The number of benzene rings is 1. The number of aromatic nitrogens is 4. The van der Waals surface area contributed by atoms with Gasteiger partial charge in [-0.25, -0.2) is 4.39 Å². The largest absolute Gasteiger partial charge is 0.341 e. The molecular weight excluding hydrogens is 449 g/mol. The lowest BCUT2D eigenvalue weighted by Crippen LogP contribution is -2.49. The van der Waals surface area contributed by atoms with Crippen LogP contribution in [0, 0.1) is 5.82 Å². The molecule has 5 rings (SSSR count). The maximum absolute atomic E-state index is 14.0. The molecule has 8 heteroatoms. The van der Waals surface area contributed by atoms with Gasteiger partial charge in [0, 0.05) is 44.2 Å². The van der Waals surface area contributed by atoms with E-state index in [-0.39, 0.29) is 17.6 Å². The van der Waals surface area contributed by atoms with Crippen LogP contribution in [-0.2, 0) is 23.0 Å². The first-order chi connectivity index (χ1) is 16.6. The fourth-order valence-corrected chi connectivity index (χ4v) is 6.36. The van der Waals surface area contributed by atoms with Crippen LogP contribution in [0.2, 0.25) is 0 Å². The van der Waals surface area contributed by atoms with Crippen molar-refractivity contribution in [3.8, 4) is 0 Å². The summed E-state index contributed by atoms with van der Waals surface area (Å²) in [6.45, 7) is 1.38. The normalized spacial score (nSPS) is 19.9. The number of thioether (sulfide) groups is 1. The molecule has 2 fully saturated rings. The summed E-state index contributed by atoms with van der Waals surface area (Å²) in [5.74, 6) is 1.73. The molecule has 1 saturated heterocycles. The van der Waals surface area contributed by atoms with Gasteiger partial charge in [0.15, 0.2) is 5.16 Å². The summed E-state index contributed by atoms with van der Waals surface area (Å²) in [7, 11) is 2.01. The van der Waals surface area contributed by atoms with Crippen molar-refractivity contribution in [1.29, 1.82) is 0 Å². The van der Waals surface area contributed by atoms with Crippen molar-refractivity contribution in [2.45, 2.75) is 60.8 Å². The van der Waals surface area contributed by atoms with Crippen LogP contribution in [0.25, 0.3) is 0 Å². The summed E-state index contributed by atoms with van der Waals surface area (Å²) in [5, 5.41) is 9.82. The van der Waals surface area contributed by atoms with Crippen molar-refractivity contribution in [3.63, 3.8) is 0 Å². The highest BCUT2D eigenvalue weighted by Crippen LogP contribution is 2.44. The van der Waals surface area contributed by atoms with Gasteiger partial charge < -0.3 is 9.47 Å². The molecule has 34 heavy (non-hydrogen) atoms. The van der Waals surface area contributed by atoms with Crippen molar-refractivity contribution < 1.29 is 9.18 Å². The average molecular weight is 480 g/mol. The van der Waals surface area contributed by atoms with Crippen LogP contribution in [0.5, 0.6) is 0 Å². The Kier molecular flexibility index (Phi) is 6.68. The van der Waals surface area contributed by atoms with Gasteiger partial charge in [0.05, 0.1) is 5.41 Å². The van der Waals surface area contributed by atoms with Gasteiger partial charge >= 0.3 is 0 Å². The summed E-state index contributed by atoms with van der Waals surface area (Å²) in [5.41, 5.74) is 1.37. The molecule has 1 amide bonds. The zero-order valence-corrected chi connectivity index (χ0v) is 20.3. The number of hydrogen-bond donors (Lipinski definition) is 0. The number of hydrogen-bond acceptors (Lipinski definition) is 5. The molecule has 6 nitrogen and oxygen atoms in total. The molecule has 3 heterocycles. The predicted molar refractivity (Wildman–Crippen MR) is 130 cm³/mol. The molecule has 0 unspecified atom stereocenters. The highest BCUT2D eigenvalue weighted by molar-refractivity contribution is 7.98. The van der Waals surface area contributed by atoms with Gasteiger partial charge in [0.2, 0.25) is 5.91 Å². The topological polar surface area (TPSA) is 63.9 Å². The second-order valence-electron chi connectivity index (χ2n) is 9.44. The minimum atomic E-state index is -0.603. The number of likely N-dealkylation sites (tertiary alicyclic amines) is 1. The van der Waals surface area contributed by atoms with Gasteiger partial charge in [-0.1, -0.05) is 42.8 Å². The first kappa shape index (κ1) is 23.0. The first-order valence-corrected chi connectivity index (χ1v) is 13.0. The molecule has 0 bridgehead atoms. The lowest BCUT2D eigenvalue weighted by atomic mass is 9.77. The molecule has 1 aromatic carbocycles. The van der Waals surface area contributed by atoms with E-state index in [0.717, 1.165) is 72.9 Å². The number of piperidine rings is 1. The van der Waals surface area contributed by atoms with Gasteiger partial charge in [0.25, 0.3) is 0 Å².